The van der Waals surface area contributed by atoms with E-state index >= 15 is 0 Å². The molecule has 0 aliphatic rings. The van der Waals surface area contributed by atoms with Crippen molar-refractivity contribution in [1.29, 1.82) is 0 Å². The molecule has 5 heteroatoms. The highest BCUT2D eigenvalue weighted by Crippen LogP contribution is 2.33. The Hall–Kier alpha value is -2.82. The Morgan fingerprint density at radius 2 is 2.04 bits per heavy atom. The molecule has 1 aromatic carbocycles. The van der Waals surface area contributed by atoms with E-state index in [9.17, 15) is 4.79 Å². The Labute approximate surface area is 134 Å². The van der Waals surface area contributed by atoms with Crippen LogP contribution >= 0.6 is 0 Å². The maximum Gasteiger partial charge on any atom is 0.303 e. The molecule has 3 rings (SSSR count). The van der Waals surface area contributed by atoms with Gasteiger partial charge in [-0.15, -0.1) is 0 Å². The zero-order chi connectivity index (χ0) is 16.4. The number of rotatable bonds is 5. The molecule has 0 saturated heterocycles. The number of imidazole rings is 1. The Kier molecular flexibility index (Phi) is 4.02. The van der Waals surface area contributed by atoms with E-state index in [0.29, 0.717) is 6.42 Å². The van der Waals surface area contributed by atoms with Crippen molar-refractivity contribution >= 4 is 11.6 Å². The Morgan fingerprint density at radius 1 is 1.26 bits per heavy atom. The molecule has 0 amide bonds. The molecule has 0 aliphatic carbocycles. The third kappa shape index (κ3) is 2.77. The lowest BCUT2D eigenvalue weighted by atomic mass is 10.1. The number of hydrogen-bond donors (Lipinski definition) is 1. The molecule has 0 spiro atoms. The van der Waals surface area contributed by atoms with Crippen molar-refractivity contribution in [2.75, 3.05) is 7.11 Å². The van der Waals surface area contributed by atoms with Crippen LogP contribution in [-0.2, 0) is 11.2 Å². The monoisotopic (exact) mass is 310 g/mol. The van der Waals surface area contributed by atoms with E-state index in [0.717, 1.165) is 33.9 Å². The fourth-order valence-corrected chi connectivity index (χ4v) is 2.77. The molecule has 5 nitrogen and oxygen atoms in total. The minimum absolute atomic E-state index is 0.0594. The average molecular weight is 310 g/mol. The first kappa shape index (κ1) is 15.1. The van der Waals surface area contributed by atoms with Crippen molar-refractivity contribution in [3.8, 4) is 17.0 Å². The Bertz CT molecular complexity index is 868. The molecule has 0 atom stereocenters. The summed E-state index contributed by atoms with van der Waals surface area (Å²) in [6.07, 6.45) is 2.39. The van der Waals surface area contributed by atoms with Gasteiger partial charge in [0, 0.05) is 18.2 Å². The smallest absolute Gasteiger partial charge is 0.303 e. The van der Waals surface area contributed by atoms with Gasteiger partial charge in [0.05, 0.1) is 24.9 Å². The van der Waals surface area contributed by atoms with Gasteiger partial charge in [-0.3, -0.25) is 4.79 Å². The van der Waals surface area contributed by atoms with Gasteiger partial charge >= 0.3 is 5.97 Å². The summed E-state index contributed by atoms with van der Waals surface area (Å²) in [6.45, 7) is 2.00. The van der Waals surface area contributed by atoms with Gasteiger partial charge in [-0.2, -0.15) is 0 Å². The lowest BCUT2D eigenvalue weighted by Crippen LogP contribution is -2.02. The van der Waals surface area contributed by atoms with Gasteiger partial charge in [0.2, 0.25) is 0 Å². The van der Waals surface area contributed by atoms with Gasteiger partial charge in [-0.1, -0.05) is 18.2 Å². The van der Waals surface area contributed by atoms with E-state index in [1.165, 1.54) is 0 Å². The first-order valence-electron chi connectivity index (χ1n) is 7.43. The van der Waals surface area contributed by atoms with Gasteiger partial charge in [0.15, 0.2) is 0 Å². The quantitative estimate of drug-likeness (QED) is 0.785. The number of carbonyl (C=O) groups is 1. The highest BCUT2D eigenvalue weighted by molar-refractivity contribution is 5.74. The number of nitrogens with zero attached hydrogens (tertiary/aromatic N) is 2. The van der Waals surface area contributed by atoms with Crippen LogP contribution in [0.3, 0.4) is 0 Å². The normalized spacial score (nSPS) is 10.9. The SMILES string of the molecule is COc1ccccc1-c1nc2c(C)cccn2c1CCC(=O)O. The average Bonchev–Trinajstić information content (AvgIpc) is 2.92. The number of ether oxygens (including phenoxy) is 1. The summed E-state index contributed by atoms with van der Waals surface area (Å²) in [5.74, 6) is -0.0938. The molecule has 3 aromatic rings. The second-order valence-corrected chi connectivity index (χ2v) is 5.39. The van der Waals surface area contributed by atoms with Crippen molar-refractivity contribution in [1.82, 2.24) is 9.38 Å². The summed E-state index contributed by atoms with van der Waals surface area (Å²) < 4.78 is 7.41. The lowest BCUT2D eigenvalue weighted by molar-refractivity contribution is -0.136. The van der Waals surface area contributed by atoms with E-state index in [2.05, 4.69) is 0 Å². The standard InChI is InChI=1S/C18H18N2O3/c1-12-6-5-11-20-14(9-10-16(21)22)17(19-18(12)20)13-7-3-4-8-15(13)23-2/h3-8,11H,9-10H2,1-2H3,(H,21,22). The van der Waals surface area contributed by atoms with Crippen LogP contribution in [-0.4, -0.2) is 27.6 Å². The topological polar surface area (TPSA) is 63.8 Å². The molecule has 2 heterocycles. The van der Waals surface area contributed by atoms with E-state index in [4.69, 9.17) is 14.8 Å². The highest BCUT2D eigenvalue weighted by atomic mass is 16.5. The molecule has 118 valence electrons. The predicted molar refractivity (Wildman–Crippen MR) is 87.9 cm³/mol. The number of carboxylic acids is 1. The van der Waals surface area contributed by atoms with Crippen molar-refractivity contribution in [3.63, 3.8) is 0 Å². The molecule has 0 unspecified atom stereocenters. The molecular weight excluding hydrogens is 292 g/mol. The summed E-state index contributed by atoms with van der Waals surface area (Å²) in [7, 11) is 1.62. The number of benzene rings is 1. The van der Waals surface area contributed by atoms with Gasteiger partial charge in [-0.05, 0) is 30.7 Å². The predicted octanol–water partition coefficient (Wildman–Crippen LogP) is 3.34. The number of aromatic nitrogens is 2. The first-order chi connectivity index (χ1) is 11.1. The van der Waals surface area contributed by atoms with Crippen molar-refractivity contribution in [3.05, 3.63) is 53.9 Å². The van der Waals surface area contributed by atoms with E-state index in [1.54, 1.807) is 7.11 Å². The molecular formula is C18H18N2O3. The zero-order valence-corrected chi connectivity index (χ0v) is 13.1. The second-order valence-electron chi connectivity index (χ2n) is 5.39. The number of fused-ring (bicyclic) bond motifs is 1. The Balaban J connectivity index is 2.24. The largest absolute Gasteiger partial charge is 0.496 e. The zero-order valence-electron chi connectivity index (χ0n) is 13.1. The number of aryl methyl sites for hydroxylation is 2. The van der Waals surface area contributed by atoms with Crippen LogP contribution in [0.1, 0.15) is 17.7 Å². The van der Waals surface area contributed by atoms with Crippen LogP contribution in [0.15, 0.2) is 42.6 Å². The third-order valence-electron chi connectivity index (χ3n) is 3.88. The number of para-hydroxylation sites is 1. The van der Waals surface area contributed by atoms with Crippen LogP contribution in [0.2, 0.25) is 0 Å². The van der Waals surface area contributed by atoms with Crippen molar-refractivity contribution in [2.24, 2.45) is 0 Å². The summed E-state index contributed by atoms with van der Waals surface area (Å²) >= 11 is 0. The first-order valence-corrected chi connectivity index (χ1v) is 7.43. The van der Waals surface area contributed by atoms with E-state index < -0.39 is 5.97 Å². The number of methoxy groups -OCH3 is 1. The summed E-state index contributed by atoms with van der Waals surface area (Å²) in [4.78, 5) is 15.8. The van der Waals surface area contributed by atoms with Crippen LogP contribution in [0.25, 0.3) is 16.9 Å². The summed E-state index contributed by atoms with van der Waals surface area (Å²) in [5, 5.41) is 9.05. The van der Waals surface area contributed by atoms with Crippen molar-refractivity contribution < 1.29 is 14.6 Å². The van der Waals surface area contributed by atoms with E-state index in [-0.39, 0.29) is 6.42 Å². The molecule has 23 heavy (non-hydrogen) atoms. The fourth-order valence-electron chi connectivity index (χ4n) is 2.77. The minimum Gasteiger partial charge on any atom is -0.496 e. The maximum absolute atomic E-state index is 11.0. The highest BCUT2D eigenvalue weighted by Gasteiger charge is 2.18. The molecule has 1 N–H and O–H groups in total. The molecule has 0 saturated carbocycles. The third-order valence-corrected chi connectivity index (χ3v) is 3.88. The number of aliphatic carboxylic acids is 1. The van der Waals surface area contributed by atoms with Crippen LogP contribution in [0.5, 0.6) is 5.75 Å². The maximum atomic E-state index is 11.0. The number of pyridine rings is 1. The van der Waals surface area contributed by atoms with Crippen LogP contribution in [0.4, 0.5) is 0 Å². The summed E-state index contributed by atoms with van der Waals surface area (Å²) in [6, 6.07) is 11.6. The number of carboxylic acid groups (broad SMARTS) is 1. The minimum atomic E-state index is -0.821. The van der Waals surface area contributed by atoms with Gasteiger partial charge in [-0.25, -0.2) is 4.98 Å². The van der Waals surface area contributed by atoms with Gasteiger partial charge < -0.3 is 14.2 Å². The second kappa shape index (κ2) is 6.12. The lowest BCUT2D eigenvalue weighted by Gasteiger charge is -2.08. The van der Waals surface area contributed by atoms with Crippen LogP contribution < -0.4 is 4.74 Å². The molecule has 0 fully saturated rings. The molecule has 0 radical (unpaired) electrons. The van der Waals surface area contributed by atoms with Crippen molar-refractivity contribution in [2.45, 2.75) is 19.8 Å². The van der Waals surface area contributed by atoms with E-state index in [1.807, 2.05) is 53.9 Å². The molecule has 0 bridgehead atoms. The Morgan fingerprint density at radius 3 is 2.78 bits per heavy atom. The molecule has 2 aromatic heterocycles. The van der Waals surface area contributed by atoms with Crippen LogP contribution in [0, 0.1) is 6.92 Å². The fraction of sp³-hybridized carbons (Fsp3) is 0.222. The van der Waals surface area contributed by atoms with Gasteiger partial charge in [0.1, 0.15) is 11.4 Å². The summed E-state index contributed by atoms with van der Waals surface area (Å²) in [5.41, 5.74) is 4.42. The number of hydrogen-bond acceptors (Lipinski definition) is 3. The van der Waals surface area contributed by atoms with Gasteiger partial charge in [0.25, 0.3) is 0 Å². The molecule has 0 aliphatic heterocycles.